The van der Waals surface area contributed by atoms with Gasteiger partial charge >= 0.3 is 0 Å². The predicted molar refractivity (Wildman–Crippen MR) is 105 cm³/mol. The molecular formula is C25H20O. The lowest BCUT2D eigenvalue weighted by molar-refractivity contribution is 0.0836. The van der Waals surface area contributed by atoms with Crippen LogP contribution >= 0.6 is 0 Å². The van der Waals surface area contributed by atoms with Crippen LogP contribution in [0.25, 0.3) is 0 Å². The quantitative estimate of drug-likeness (QED) is 0.595. The molecule has 1 atom stereocenters. The molecule has 26 heavy (non-hydrogen) atoms. The largest absolute Gasteiger partial charge is 0.292 e. The summed E-state index contributed by atoms with van der Waals surface area (Å²) in [7, 11) is 0. The molecule has 0 saturated carbocycles. The van der Waals surface area contributed by atoms with Crippen molar-refractivity contribution in [2.75, 3.05) is 0 Å². The summed E-state index contributed by atoms with van der Waals surface area (Å²) in [6.45, 7) is 0. The second-order valence-corrected chi connectivity index (χ2v) is 6.85. The van der Waals surface area contributed by atoms with E-state index in [1.807, 2.05) is 66.7 Å². The van der Waals surface area contributed by atoms with Crippen molar-refractivity contribution in [2.24, 2.45) is 5.41 Å². The van der Waals surface area contributed by atoms with Crippen LogP contribution in [0.3, 0.4) is 0 Å². The lowest BCUT2D eigenvalue weighted by Crippen LogP contribution is -2.37. The standard InChI is InChI=1S/C25H20O/c26-24-23-14-8-7-13-22(23)16-18-25(24,19-21-11-5-2-6-12-21)17-15-20-9-3-1-4-10-20/h1-14H,16,18-19H2. The van der Waals surface area contributed by atoms with Crippen molar-refractivity contribution in [3.8, 4) is 11.8 Å². The topological polar surface area (TPSA) is 17.1 Å². The van der Waals surface area contributed by atoms with Gasteiger partial charge in [-0.2, -0.15) is 0 Å². The number of carbonyl (C=O) groups excluding carboxylic acids is 1. The van der Waals surface area contributed by atoms with Crippen LogP contribution < -0.4 is 0 Å². The Morgan fingerprint density at radius 3 is 2.23 bits per heavy atom. The third-order valence-electron chi connectivity index (χ3n) is 5.09. The fourth-order valence-corrected chi connectivity index (χ4v) is 3.67. The molecule has 0 amide bonds. The molecule has 0 aliphatic heterocycles. The molecule has 0 fully saturated rings. The van der Waals surface area contributed by atoms with E-state index < -0.39 is 5.41 Å². The van der Waals surface area contributed by atoms with Gasteiger partial charge in [-0.3, -0.25) is 4.79 Å². The van der Waals surface area contributed by atoms with Gasteiger partial charge in [-0.25, -0.2) is 0 Å². The second-order valence-electron chi connectivity index (χ2n) is 6.85. The van der Waals surface area contributed by atoms with Gasteiger partial charge < -0.3 is 0 Å². The van der Waals surface area contributed by atoms with Crippen LogP contribution in [0.15, 0.2) is 84.9 Å². The van der Waals surface area contributed by atoms with Crippen molar-refractivity contribution in [3.63, 3.8) is 0 Å². The Morgan fingerprint density at radius 1 is 0.808 bits per heavy atom. The van der Waals surface area contributed by atoms with Gasteiger partial charge in [0.2, 0.25) is 0 Å². The predicted octanol–water partition coefficient (Wildman–Crippen LogP) is 5.10. The highest BCUT2D eigenvalue weighted by atomic mass is 16.1. The number of rotatable bonds is 2. The Balaban J connectivity index is 1.78. The summed E-state index contributed by atoms with van der Waals surface area (Å²) < 4.78 is 0. The zero-order valence-electron chi connectivity index (χ0n) is 14.6. The zero-order valence-corrected chi connectivity index (χ0v) is 14.6. The smallest absolute Gasteiger partial charge is 0.181 e. The number of hydrogen-bond donors (Lipinski definition) is 0. The van der Waals surface area contributed by atoms with E-state index in [9.17, 15) is 4.79 Å². The molecule has 0 spiro atoms. The number of benzene rings is 3. The molecule has 0 bridgehead atoms. The number of carbonyl (C=O) groups is 1. The fraction of sp³-hybridized carbons (Fsp3) is 0.160. The van der Waals surface area contributed by atoms with Gasteiger partial charge in [0.25, 0.3) is 0 Å². The molecule has 0 saturated heterocycles. The van der Waals surface area contributed by atoms with Crippen LogP contribution in [-0.4, -0.2) is 5.78 Å². The maximum atomic E-state index is 13.5. The molecule has 1 unspecified atom stereocenters. The summed E-state index contributed by atoms with van der Waals surface area (Å²) in [5, 5.41) is 0. The molecule has 1 heteroatoms. The first kappa shape index (κ1) is 16.4. The first-order chi connectivity index (χ1) is 12.8. The monoisotopic (exact) mass is 336 g/mol. The third kappa shape index (κ3) is 3.19. The van der Waals surface area contributed by atoms with Crippen LogP contribution in [0.4, 0.5) is 0 Å². The summed E-state index contributed by atoms with van der Waals surface area (Å²) in [6, 6.07) is 28.1. The van der Waals surface area contributed by atoms with Crippen molar-refractivity contribution in [1.29, 1.82) is 0 Å². The van der Waals surface area contributed by atoms with Crippen molar-refractivity contribution in [2.45, 2.75) is 19.3 Å². The Kier molecular flexibility index (Phi) is 4.42. The summed E-state index contributed by atoms with van der Waals surface area (Å²) >= 11 is 0. The zero-order chi connectivity index (χ0) is 17.8. The molecule has 4 rings (SSSR count). The minimum atomic E-state index is -0.661. The van der Waals surface area contributed by atoms with Crippen LogP contribution in [0.5, 0.6) is 0 Å². The van der Waals surface area contributed by atoms with E-state index in [-0.39, 0.29) is 5.78 Å². The average Bonchev–Trinajstić information content (AvgIpc) is 2.71. The first-order valence-corrected chi connectivity index (χ1v) is 9.02. The van der Waals surface area contributed by atoms with Crippen molar-refractivity contribution in [3.05, 3.63) is 107 Å². The summed E-state index contributed by atoms with van der Waals surface area (Å²) in [5.74, 6) is 6.82. The molecule has 0 aromatic heterocycles. The van der Waals surface area contributed by atoms with Gasteiger partial charge in [-0.05, 0) is 42.5 Å². The first-order valence-electron chi connectivity index (χ1n) is 9.02. The third-order valence-corrected chi connectivity index (χ3v) is 5.09. The van der Waals surface area contributed by atoms with Crippen LogP contribution in [0.2, 0.25) is 0 Å². The van der Waals surface area contributed by atoms with Crippen molar-refractivity contribution in [1.82, 2.24) is 0 Å². The van der Waals surface area contributed by atoms with E-state index in [0.29, 0.717) is 6.42 Å². The van der Waals surface area contributed by atoms with E-state index in [2.05, 4.69) is 30.0 Å². The van der Waals surface area contributed by atoms with E-state index >= 15 is 0 Å². The number of ketones is 1. The van der Waals surface area contributed by atoms with Gasteiger partial charge in [-0.1, -0.05) is 84.6 Å². The summed E-state index contributed by atoms with van der Waals surface area (Å²) in [5.41, 5.74) is 3.42. The maximum Gasteiger partial charge on any atom is 0.181 e. The molecule has 0 radical (unpaired) electrons. The minimum absolute atomic E-state index is 0.159. The van der Waals surface area contributed by atoms with E-state index in [1.165, 1.54) is 0 Å². The summed E-state index contributed by atoms with van der Waals surface area (Å²) in [6.07, 6.45) is 2.30. The molecule has 1 aliphatic rings. The number of aryl methyl sites for hydroxylation is 1. The van der Waals surface area contributed by atoms with Crippen molar-refractivity contribution >= 4 is 5.78 Å². The van der Waals surface area contributed by atoms with Gasteiger partial charge in [0.1, 0.15) is 0 Å². The molecule has 0 heterocycles. The van der Waals surface area contributed by atoms with Gasteiger partial charge in [0, 0.05) is 11.1 Å². The fourth-order valence-electron chi connectivity index (χ4n) is 3.67. The van der Waals surface area contributed by atoms with Gasteiger partial charge in [-0.15, -0.1) is 0 Å². The Bertz CT molecular complexity index is 977. The van der Waals surface area contributed by atoms with E-state index in [4.69, 9.17) is 0 Å². The van der Waals surface area contributed by atoms with Crippen LogP contribution in [0.1, 0.15) is 33.5 Å². The second kappa shape index (κ2) is 7.02. The highest BCUT2D eigenvalue weighted by molar-refractivity contribution is 6.05. The molecule has 0 N–H and O–H groups in total. The molecule has 126 valence electrons. The van der Waals surface area contributed by atoms with Crippen LogP contribution in [0, 0.1) is 17.3 Å². The van der Waals surface area contributed by atoms with Crippen LogP contribution in [-0.2, 0) is 12.8 Å². The summed E-state index contributed by atoms with van der Waals surface area (Å²) in [4.78, 5) is 13.5. The Labute approximate surface area is 154 Å². The molecular weight excluding hydrogens is 316 g/mol. The average molecular weight is 336 g/mol. The lowest BCUT2D eigenvalue weighted by Gasteiger charge is -2.32. The molecule has 3 aromatic rings. The normalized spacial score (nSPS) is 18.5. The number of fused-ring (bicyclic) bond motifs is 1. The Morgan fingerprint density at radius 2 is 1.46 bits per heavy atom. The molecule has 1 nitrogen and oxygen atoms in total. The highest BCUT2D eigenvalue weighted by Crippen LogP contribution is 2.38. The number of Topliss-reactive ketones (excluding diaryl/α,β-unsaturated/α-hetero) is 1. The Hall–Kier alpha value is -3.11. The highest BCUT2D eigenvalue weighted by Gasteiger charge is 2.41. The van der Waals surface area contributed by atoms with Crippen molar-refractivity contribution < 1.29 is 4.79 Å². The van der Waals surface area contributed by atoms with E-state index in [0.717, 1.165) is 35.1 Å². The minimum Gasteiger partial charge on any atom is -0.292 e. The van der Waals surface area contributed by atoms with E-state index in [1.54, 1.807) is 0 Å². The number of hydrogen-bond acceptors (Lipinski definition) is 1. The molecule has 1 aliphatic carbocycles. The SMILES string of the molecule is O=C1c2ccccc2CCC1(C#Cc1ccccc1)Cc1ccccc1. The maximum absolute atomic E-state index is 13.5. The van der Waals surface area contributed by atoms with Gasteiger partial charge in [0.15, 0.2) is 5.78 Å². The lowest BCUT2D eigenvalue weighted by atomic mass is 9.67. The molecule has 3 aromatic carbocycles. The van der Waals surface area contributed by atoms with Gasteiger partial charge in [0.05, 0.1) is 5.41 Å².